The van der Waals surface area contributed by atoms with E-state index in [9.17, 15) is 19.3 Å². The summed E-state index contributed by atoms with van der Waals surface area (Å²) in [6, 6.07) is 9.85. The van der Waals surface area contributed by atoms with Crippen molar-refractivity contribution in [3.63, 3.8) is 0 Å². The van der Waals surface area contributed by atoms with Crippen LogP contribution in [0.3, 0.4) is 0 Å². The van der Waals surface area contributed by atoms with Gasteiger partial charge < -0.3 is 14.6 Å². The van der Waals surface area contributed by atoms with Gasteiger partial charge in [0.15, 0.2) is 5.16 Å². The van der Waals surface area contributed by atoms with Crippen LogP contribution in [0, 0.1) is 15.9 Å². The normalized spacial score (nSPS) is 10.6. The molecule has 0 atom stereocenters. The minimum absolute atomic E-state index is 0.122. The molecule has 0 aliphatic rings. The Kier molecular flexibility index (Phi) is 6.39. The zero-order chi connectivity index (χ0) is 20.8. The van der Waals surface area contributed by atoms with E-state index in [-0.39, 0.29) is 24.4 Å². The summed E-state index contributed by atoms with van der Waals surface area (Å²) >= 11 is 1.08. The number of nitro benzene ring substituents is 1. The van der Waals surface area contributed by atoms with E-state index in [4.69, 9.17) is 4.74 Å². The first kappa shape index (κ1) is 20.3. The van der Waals surface area contributed by atoms with Gasteiger partial charge in [0.1, 0.15) is 24.5 Å². The van der Waals surface area contributed by atoms with Gasteiger partial charge in [-0.1, -0.05) is 6.07 Å². The molecular formula is C18H16FN5O4S. The number of benzene rings is 2. The molecule has 3 aromatic rings. The molecule has 11 heteroatoms. The number of carbonyl (C=O) groups excluding carboxylic acids is 1. The highest BCUT2D eigenvalue weighted by molar-refractivity contribution is 7.99. The van der Waals surface area contributed by atoms with Crippen LogP contribution in [-0.4, -0.2) is 38.7 Å². The van der Waals surface area contributed by atoms with E-state index < -0.39 is 16.6 Å². The van der Waals surface area contributed by atoms with Crippen molar-refractivity contribution < 1.29 is 18.8 Å². The average molecular weight is 417 g/mol. The molecule has 0 saturated carbocycles. The summed E-state index contributed by atoms with van der Waals surface area (Å²) in [5, 5.41) is 22.1. The van der Waals surface area contributed by atoms with Crippen molar-refractivity contribution in [2.75, 3.05) is 13.2 Å². The summed E-state index contributed by atoms with van der Waals surface area (Å²) in [5.41, 5.74) is -0.0635. The summed E-state index contributed by atoms with van der Waals surface area (Å²) in [5.74, 6) is -0.552. The number of hydrogen-bond acceptors (Lipinski definition) is 7. The molecule has 1 aromatic heterocycles. The lowest BCUT2D eigenvalue weighted by Crippen LogP contribution is -2.28. The molecule has 0 saturated heterocycles. The molecule has 0 aliphatic carbocycles. The van der Waals surface area contributed by atoms with Crippen LogP contribution < -0.4 is 10.1 Å². The molecule has 0 spiro atoms. The Hall–Kier alpha value is -3.47. The van der Waals surface area contributed by atoms with Crippen LogP contribution in [0.5, 0.6) is 5.75 Å². The monoisotopic (exact) mass is 417 g/mol. The van der Waals surface area contributed by atoms with Crippen LogP contribution in [0.25, 0.3) is 0 Å². The van der Waals surface area contributed by atoms with Gasteiger partial charge in [-0.2, -0.15) is 0 Å². The Morgan fingerprint density at radius 3 is 2.86 bits per heavy atom. The molecule has 29 heavy (non-hydrogen) atoms. The lowest BCUT2D eigenvalue weighted by Gasteiger charge is -2.09. The second-order valence-electron chi connectivity index (χ2n) is 5.83. The van der Waals surface area contributed by atoms with Gasteiger partial charge in [-0.05, 0) is 36.0 Å². The van der Waals surface area contributed by atoms with Crippen LogP contribution in [0.1, 0.15) is 10.4 Å². The number of aryl methyl sites for hydroxylation is 1. The Morgan fingerprint density at radius 1 is 1.34 bits per heavy atom. The van der Waals surface area contributed by atoms with Crippen molar-refractivity contribution in [1.29, 1.82) is 0 Å². The Morgan fingerprint density at radius 2 is 2.17 bits per heavy atom. The van der Waals surface area contributed by atoms with Crippen molar-refractivity contribution in [3.8, 4) is 5.75 Å². The zero-order valence-corrected chi connectivity index (χ0v) is 16.1. The molecule has 0 fully saturated rings. The number of ether oxygens (including phenoxy) is 1. The molecule has 2 aromatic carbocycles. The Bertz CT molecular complexity index is 1040. The van der Waals surface area contributed by atoms with Crippen molar-refractivity contribution in [2.24, 2.45) is 7.05 Å². The van der Waals surface area contributed by atoms with Gasteiger partial charge in [-0.25, -0.2) is 4.39 Å². The minimum Gasteiger partial charge on any atom is -0.492 e. The Balaban J connectivity index is 1.62. The molecule has 9 nitrogen and oxygen atoms in total. The quantitative estimate of drug-likeness (QED) is 0.341. The second kappa shape index (κ2) is 9.15. The average Bonchev–Trinajstić information content (AvgIpc) is 3.10. The summed E-state index contributed by atoms with van der Waals surface area (Å²) in [4.78, 5) is 23.5. The number of hydrogen-bond donors (Lipinski definition) is 1. The van der Waals surface area contributed by atoms with Gasteiger partial charge in [0.05, 0.1) is 16.4 Å². The lowest BCUT2D eigenvalue weighted by atomic mass is 10.2. The molecule has 1 amide bonds. The van der Waals surface area contributed by atoms with E-state index >= 15 is 0 Å². The number of carbonyl (C=O) groups is 1. The van der Waals surface area contributed by atoms with Crippen LogP contribution in [0.15, 0.2) is 58.8 Å². The highest BCUT2D eigenvalue weighted by Crippen LogP contribution is 2.34. The first-order chi connectivity index (χ1) is 13.9. The lowest BCUT2D eigenvalue weighted by molar-refractivity contribution is -0.387. The summed E-state index contributed by atoms with van der Waals surface area (Å²) in [6.45, 7) is 0.274. The predicted octanol–water partition coefficient (Wildman–Crippen LogP) is 2.82. The predicted molar refractivity (Wildman–Crippen MR) is 102 cm³/mol. The fraction of sp³-hybridized carbons (Fsp3) is 0.167. The molecule has 0 aliphatic heterocycles. The van der Waals surface area contributed by atoms with Gasteiger partial charge in [0.2, 0.25) is 0 Å². The molecular weight excluding hydrogens is 401 g/mol. The number of halogens is 1. The summed E-state index contributed by atoms with van der Waals surface area (Å²) in [7, 11) is 1.72. The smallest absolute Gasteiger partial charge is 0.284 e. The Labute approximate surface area is 169 Å². The SMILES string of the molecule is Cn1cnnc1Sc1ccc(C(=O)NCCOc2cccc(F)c2)cc1[N+](=O)[O-]. The van der Waals surface area contributed by atoms with Gasteiger partial charge >= 0.3 is 0 Å². The number of aromatic nitrogens is 3. The van der Waals surface area contributed by atoms with Crippen molar-refractivity contribution in [2.45, 2.75) is 10.1 Å². The molecule has 0 unspecified atom stereocenters. The van der Waals surface area contributed by atoms with E-state index in [0.717, 1.165) is 11.8 Å². The van der Waals surface area contributed by atoms with Gasteiger partial charge in [-0.3, -0.25) is 14.9 Å². The third kappa shape index (κ3) is 5.29. The number of nitro groups is 1. The van der Waals surface area contributed by atoms with E-state index in [1.54, 1.807) is 17.7 Å². The minimum atomic E-state index is -0.553. The third-order valence-electron chi connectivity index (χ3n) is 3.74. The van der Waals surface area contributed by atoms with E-state index in [1.807, 2.05) is 0 Å². The molecule has 150 valence electrons. The van der Waals surface area contributed by atoms with E-state index in [1.165, 1.54) is 42.7 Å². The first-order valence-electron chi connectivity index (χ1n) is 8.41. The first-order valence-corrected chi connectivity index (χ1v) is 9.22. The topological polar surface area (TPSA) is 112 Å². The van der Waals surface area contributed by atoms with Crippen molar-refractivity contribution in [1.82, 2.24) is 20.1 Å². The summed E-state index contributed by atoms with van der Waals surface area (Å²) < 4.78 is 20.1. The highest BCUT2D eigenvalue weighted by atomic mass is 32.2. The molecule has 0 bridgehead atoms. The maximum atomic E-state index is 13.1. The van der Waals surface area contributed by atoms with Gasteiger partial charge in [0, 0.05) is 24.7 Å². The van der Waals surface area contributed by atoms with Crippen molar-refractivity contribution >= 4 is 23.4 Å². The van der Waals surface area contributed by atoms with Gasteiger partial charge in [0.25, 0.3) is 11.6 Å². The zero-order valence-electron chi connectivity index (χ0n) is 15.2. The molecule has 0 radical (unpaired) electrons. The maximum absolute atomic E-state index is 13.1. The van der Waals surface area contributed by atoms with Crippen LogP contribution in [-0.2, 0) is 7.05 Å². The standard InChI is InChI=1S/C18H16FN5O4S/c1-23-11-21-22-18(23)29-16-6-5-12(9-15(16)24(26)27)17(25)20-7-8-28-14-4-2-3-13(19)10-14/h2-6,9-11H,7-8H2,1H3,(H,20,25). The fourth-order valence-electron chi connectivity index (χ4n) is 2.34. The van der Waals surface area contributed by atoms with E-state index in [0.29, 0.717) is 15.8 Å². The number of nitrogens with zero attached hydrogens (tertiary/aromatic N) is 4. The second-order valence-corrected chi connectivity index (χ2v) is 6.84. The van der Waals surface area contributed by atoms with Crippen molar-refractivity contribution in [3.05, 3.63) is 70.3 Å². The van der Waals surface area contributed by atoms with Gasteiger partial charge in [-0.15, -0.1) is 10.2 Å². The van der Waals surface area contributed by atoms with E-state index in [2.05, 4.69) is 15.5 Å². The third-order valence-corrected chi connectivity index (χ3v) is 4.86. The number of nitrogens with one attached hydrogen (secondary N) is 1. The fourth-order valence-corrected chi connectivity index (χ4v) is 3.19. The maximum Gasteiger partial charge on any atom is 0.284 e. The number of amides is 1. The highest BCUT2D eigenvalue weighted by Gasteiger charge is 2.20. The summed E-state index contributed by atoms with van der Waals surface area (Å²) in [6.07, 6.45) is 1.49. The van der Waals surface area contributed by atoms with Crippen LogP contribution >= 0.6 is 11.8 Å². The number of rotatable bonds is 8. The van der Waals surface area contributed by atoms with Crippen LogP contribution in [0.2, 0.25) is 0 Å². The molecule has 3 rings (SSSR count). The molecule has 1 N–H and O–H groups in total. The van der Waals surface area contributed by atoms with Crippen LogP contribution in [0.4, 0.5) is 10.1 Å². The molecule has 1 heterocycles. The largest absolute Gasteiger partial charge is 0.492 e.